The van der Waals surface area contributed by atoms with Gasteiger partial charge in [0.05, 0.1) is 11.7 Å². The fourth-order valence-corrected chi connectivity index (χ4v) is 6.65. The molecule has 0 heterocycles. The van der Waals surface area contributed by atoms with Crippen molar-refractivity contribution in [3.05, 3.63) is 35.5 Å². The van der Waals surface area contributed by atoms with Gasteiger partial charge in [0.1, 0.15) is 0 Å². The molecule has 0 spiro atoms. The summed E-state index contributed by atoms with van der Waals surface area (Å²) >= 11 is 0. The molecule has 0 radical (unpaired) electrons. The van der Waals surface area contributed by atoms with Gasteiger partial charge in [0, 0.05) is 6.61 Å². The number of rotatable bonds is 7. The highest BCUT2D eigenvalue weighted by molar-refractivity contribution is 5.37. The predicted octanol–water partition coefficient (Wildman–Crippen LogP) is 5.71. The van der Waals surface area contributed by atoms with E-state index in [4.69, 9.17) is 0 Å². The lowest BCUT2D eigenvalue weighted by Crippen LogP contribution is -2.34. The van der Waals surface area contributed by atoms with Crippen LogP contribution < -0.4 is 0 Å². The second-order valence-electron chi connectivity index (χ2n) is 11.2. The molecule has 5 atom stereocenters. The van der Waals surface area contributed by atoms with Crippen molar-refractivity contribution in [1.82, 2.24) is 0 Å². The minimum atomic E-state index is -0.708. The second kappa shape index (κ2) is 9.71. The molecule has 3 heteroatoms. The number of hydrogen-bond acceptors (Lipinski definition) is 3. The minimum absolute atomic E-state index is 0.172. The van der Waals surface area contributed by atoms with Crippen LogP contribution in [0.3, 0.4) is 0 Å². The molecule has 0 aromatic carbocycles. The molecule has 4 unspecified atom stereocenters. The summed E-state index contributed by atoms with van der Waals surface area (Å²) in [6, 6.07) is 0. The zero-order valence-corrected chi connectivity index (χ0v) is 19.5. The molecule has 0 aromatic heterocycles. The molecule has 3 fully saturated rings. The molecule has 30 heavy (non-hydrogen) atoms. The van der Waals surface area contributed by atoms with Gasteiger partial charge in [-0.2, -0.15) is 0 Å². The Kier molecular flexibility index (Phi) is 7.69. The number of hydrogen-bond donors (Lipinski definition) is 3. The predicted molar refractivity (Wildman–Crippen MR) is 124 cm³/mol. The van der Waals surface area contributed by atoms with Gasteiger partial charge in [-0.25, -0.2) is 0 Å². The third kappa shape index (κ3) is 5.47. The standard InChI is InChI=1S/C27H44O3/c1-19-21(7-5-9-25(19)29)11-12-22-8-6-16-27(4)23(14-15-24(22)27)13-10-20(18-28)17-26(2,3)30/h11-12,20,23-25,28-30H,1,5-10,13-18H2,2-4H3/b21-11-,22-12+/t20?,23?,24?,25?,27-/m1/s1. The van der Waals surface area contributed by atoms with Gasteiger partial charge in [0.25, 0.3) is 0 Å². The molecule has 3 aliphatic rings. The smallest absolute Gasteiger partial charge is 0.0787 e. The molecule has 0 aromatic rings. The van der Waals surface area contributed by atoms with Crippen LogP contribution in [0.1, 0.15) is 91.4 Å². The molecule has 3 aliphatic carbocycles. The van der Waals surface area contributed by atoms with Crippen LogP contribution in [0.2, 0.25) is 0 Å². The lowest BCUT2D eigenvalue weighted by molar-refractivity contribution is 0.0337. The van der Waals surface area contributed by atoms with E-state index >= 15 is 0 Å². The van der Waals surface area contributed by atoms with Gasteiger partial charge in [-0.3, -0.25) is 0 Å². The van der Waals surface area contributed by atoms with E-state index in [1.165, 1.54) is 37.7 Å². The van der Waals surface area contributed by atoms with E-state index in [1.54, 1.807) is 5.57 Å². The van der Waals surface area contributed by atoms with E-state index in [9.17, 15) is 15.3 Å². The molecule has 3 N–H and O–H groups in total. The zero-order chi connectivity index (χ0) is 21.9. The fourth-order valence-electron chi connectivity index (χ4n) is 6.65. The van der Waals surface area contributed by atoms with Gasteiger partial charge in [-0.05, 0) is 119 Å². The van der Waals surface area contributed by atoms with E-state index in [-0.39, 0.29) is 18.6 Å². The van der Waals surface area contributed by atoms with Crippen molar-refractivity contribution in [3.63, 3.8) is 0 Å². The first-order chi connectivity index (χ1) is 14.1. The van der Waals surface area contributed by atoms with Crippen molar-refractivity contribution >= 4 is 0 Å². The normalized spacial score (nSPS) is 36.3. The summed E-state index contributed by atoms with van der Waals surface area (Å²) < 4.78 is 0. The third-order valence-corrected chi connectivity index (χ3v) is 8.37. The first-order valence-electron chi connectivity index (χ1n) is 12.2. The monoisotopic (exact) mass is 416 g/mol. The summed E-state index contributed by atoms with van der Waals surface area (Å²) in [5.74, 6) is 1.57. The van der Waals surface area contributed by atoms with Gasteiger partial charge in [-0.15, -0.1) is 0 Å². The Bertz CT molecular complexity index is 668. The van der Waals surface area contributed by atoms with E-state index in [0.29, 0.717) is 23.7 Å². The summed E-state index contributed by atoms with van der Waals surface area (Å²) in [4.78, 5) is 0. The van der Waals surface area contributed by atoms with Gasteiger partial charge < -0.3 is 15.3 Å². The van der Waals surface area contributed by atoms with Gasteiger partial charge in [-0.1, -0.05) is 31.2 Å². The van der Waals surface area contributed by atoms with Crippen LogP contribution in [0.25, 0.3) is 0 Å². The molecule has 0 aliphatic heterocycles. The summed E-state index contributed by atoms with van der Waals surface area (Å²) in [6.45, 7) is 10.5. The van der Waals surface area contributed by atoms with E-state index in [0.717, 1.165) is 37.7 Å². The van der Waals surface area contributed by atoms with Crippen LogP contribution in [0, 0.1) is 23.2 Å². The number of aliphatic hydroxyl groups excluding tert-OH is 2. The Labute approximate surface area is 184 Å². The van der Waals surface area contributed by atoms with Gasteiger partial charge in [0.2, 0.25) is 0 Å². The van der Waals surface area contributed by atoms with Crippen LogP contribution in [-0.2, 0) is 0 Å². The number of fused-ring (bicyclic) bond motifs is 1. The van der Waals surface area contributed by atoms with E-state index in [2.05, 4.69) is 25.7 Å². The highest BCUT2D eigenvalue weighted by Crippen LogP contribution is 2.58. The Morgan fingerprint density at radius 1 is 1.17 bits per heavy atom. The number of aliphatic hydroxyl groups is 3. The lowest BCUT2D eigenvalue weighted by Gasteiger charge is -2.43. The molecule has 0 bridgehead atoms. The van der Waals surface area contributed by atoms with Crippen molar-refractivity contribution in [2.45, 2.75) is 103 Å². The molecule has 3 rings (SSSR count). The Hall–Kier alpha value is -0.900. The van der Waals surface area contributed by atoms with Crippen molar-refractivity contribution in [3.8, 4) is 0 Å². The van der Waals surface area contributed by atoms with Gasteiger partial charge in [0.15, 0.2) is 0 Å². The fraction of sp³-hybridized carbons (Fsp3) is 0.778. The maximum atomic E-state index is 10.1. The highest BCUT2D eigenvalue weighted by atomic mass is 16.3. The molecular formula is C27H44O3. The van der Waals surface area contributed by atoms with Crippen LogP contribution in [0.15, 0.2) is 35.5 Å². The topological polar surface area (TPSA) is 60.7 Å². The van der Waals surface area contributed by atoms with Crippen molar-refractivity contribution in [1.29, 1.82) is 0 Å². The zero-order valence-electron chi connectivity index (χ0n) is 19.5. The molecule has 3 nitrogen and oxygen atoms in total. The van der Waals surface area contributed by atoms with Crippen molar-refractivity contribution in [2.75, 3.05) is 6.61 Å². The van der Waals surface area contributed by atoms with Crippen LogP contribution in [0.4, 0.5) is 0 Å². The van der Waals surface area contributed by atoms with Crippen molar-refractivity contribution < 1.29 is 15.3 Å². The maximum absolute atomic E-state index is 10.1. The SMILES string of the molecule is C=C1/C(=C\C=C2/CCC[C@]3(C)C(CCC(CO)CC(C)(C)O)CCC23)CCCC1O. The van der Waals surface area contributed by atoms with Crippen LogP contribution in [-0.4, -0.2) is 33.6 Å². The van der Waals surface area contributed by atoms with Gasteiger partial charge >= 0.3 is 0 Å². The highest BCUT2D eigenvalue weighted by Gasteiger charge is 2.48. The first-order valence-corrected chi connectivity index (χ1v) is 12.2. The summed E-state index contributed by atoms with van der Waals surface area (Å²) in [5.41, 5.74) is 3.41. The summed E-state index contributed by atoms with van der Waals surface area (Å²) in [7, 11) is 0. The molecule has 0 amide bonds. The lowest BCUT2D eigenvalue weighted by atomic mass is 9.62. The third-order valence-electron chi connectivity index (χ3n) is 8.37. The van der Waals surface area contributed by atoms with Crippen LogP contribution >= 0.6 is 0 Å². The van der Waals surface area contributed by atoms with Crippen molar-refractivity contribution in [2.24, 2.45) is 23.2 Å². The number of allylic oxidation sites excluding steroid dienone is 3. The average Bonchev–Trinajstić information content (AvgIpc) is 3.02. The summed E-state index contributed by atoms with van der Waals surface area (Å²) in [6.07, 6.45) is 16.3. The quantitative estimate of drug-likeness (QED) is 0.498. The first kappa shape index (κ1) is 23.8. The average molecular weight is 417 g/mol. The molecular weight excluding hydrogens is 372 g/mol. The van der Waals surface area contributed by atoms with E-state index in [1.807, 2.05) is 13.8 Å². The maximum Gasteiger partial charge on any atom is 0.0787 e. The Morgan fingerprint density at radius 2 is 1.93 bits per heavy atom. The van der Waals surface area contributed by atoms with E-state index < -0.39 is 5.60 Å². The minimum Gasteiger partial charge on any atom is -0.396 e. The molecule has 170 valence electrons. The summed E-state index contributed by atoms with van der Waals surface area (Å²) in [5, 5.41) is 30.0. The molecule has 0 saturated heterocycles. The Balaban J connectivity index is 1.67. The van der Waals surface area contributed by atoms with Crippen LogP contribution in [0.5, 0.6) is 0 Å². The largest absolute Gasteiger partial charge is 0.396 e. The molecule has 3 saturated carbocycles. The second-order valence-corrected chi connectivity index (χ2v) is 11.2. The Morgan fingerprint density at radius 3 is 2.63 bits per heavy atom.